The summed E-state index contributed by atoms with van der Waals surface area (Å²) in [5.41, 5.74) is 1.25. The summed E-state index contributed by atoms with van der Waals surface area (Å²) in [6, 6.07) is 5.98. The third-order valence-electron chi connectivity index (χ3n) is 4.18. The first-order valence-electron chi connectivity index (χ1n) is 7.99. The number of hydrogen-bond acceptors (Lipinski definition) is 3. The highest BCUT2D eigenvalue weighted by atomic mass is 16.5. The Balaban J connectivity index is 1.47. The summed E-state index contributed by atoms with van der Waals surface area (Å²) in [5.74, 6) is 1.94. The second kappa shape index (κ2) is 6.83. The Morgan fingerprint density at radius 3 is 2.90 bits per heavy atom. The average molecular weight is 289 g/mol. The maximum Gasteiger partial charge on any atom is 0.225 e. The number of benzene rings is 1. The molecule has 0 spiro atoms. The largest absolute Gasteiger partial charge is 0.493 e. The van der Waals surface area contributed by atoms with Crippen LogP contribution in [0.3, 0.4) is 0 Å². The molecule has 114 valence electrons. The Morgan fingerprint density at radius 1 is 1.19 bits per heavy atom. The van der Waals surface area contributed by atoms with Gasteiger partial charge in [-0.1, -0.05) is 6.07 Å². The molecule has 0 radical (unpaired) electrons. The Hall–Kier alpha value is -1.71. The lowest BCUT2D eigenvalue weighted by Crippen LogP contribution is -2.36. The van der Waals surface area contributed by atoms with Crippen LogP contribution in [-0.2, 0) is 11.2 Å². The average Bonchev–Trinajstić information content (AvgIpc) is 2.55. The summed E-state index contributed by atoms with van der Waals surface area (Å²) in [7, 11) is 0. The Kier molecular flexibility index (Phi) is 4.63. The number of fused-ring (bicyclic) bond motifs is 1. The molecule has 4 nitrogen and oxygen atoms in total. The number of likely N-dealkylation sites (tertiary alicyclic amines) is 1. The number of carbonyl (C=O) groups is 1. The van der Waals surface area contributed by atoms with E-state index in [1.54, 1.807) is 0 Å². The van der Waals surface area contributed by atoms with Crippen LogP contribution in [0, 0.1) is 0 Å². The van der Waals surface area contributed by atoms with Crippen LogP contribution >= 0.6 is 0 Å². The zero-order valence-electron chi connectivity index (χ0n) is 12.5. The first kappa shape index (κ1) is 14.2. The number of ether oxygens (including phenoxy) is 2. The molecule has 1 aromatic rings. The molecule has 1 aromatic carbocycles. The Labute approximate surface area is 126 Å². The van der Waals surface area contributed by atoms with Gasteiger partial charge in [-0.2, -0.15) is 0 Å². The fraction of sp³-hybridized carbons (Fsp3) is 0.588. The van der Waals surface area contributed by atoms with E-state index in [4.69, 9.17) is 9.47 Å². The van der Waals surface area contributed by atoms with Crippen LogP contribution in [0.15, 0.2) is 18.2 Å². The van der Waals surface area contributed by atoms with E-state index in [1.807, 2.05) is 17.0 Å². The summed E-state index contributed by atoms with van der Waals surface area (Å²) in [5, 5.41) is 0. The second-order valence-corrected chi connectivity index (χ2v) is 5.76. The minimum Gasteiger partial charge on any atom is -0.493 e. The summed E-state index contributed by atoms with van der Waals surface area (Å²) < 4.78 is 11.3. The van der Waals surface area contributed by atoms with Crippen molar-refractivity contribution in [2.24, 2.45) is 0 Å². The van der Waals surface area contributed by atoms with Gasteiger partial charge >= 0.3 is 0 Å². The molecule has 0 aliphatic carbocycles. The van der Waals surface area contributed by atoms with E-state index >= 15 is 0 Å². The van der Waals surface area contributed by atoms with Crippen LogP contribution < -0.4 is 9.47 Å². The van der Waals surface area contributed by atoms with Crippen LogP contribution in [0.25, 0.3) is 0 Å². The highest BCUT2D eigenvalue weighted by Crippen LogP contribution is 2.29. The van der Waals surface area contributed by atoms with E-state index in [2.05, 4.69) is 6.07 Å². The minimum atomic E-state index is 0.212. The summed E-state index contributed by atoms with van der Waals surface area (Å²) >= 11 is 0. The van der Waals surface area contributed by atoms with E-state index in [0.717, 1.165) is 56.9 Å². The van der Waals surface area contributed by atoms with Crippen molar-refractivity contribution >= 4 is 5.91 Å². The molecule has 0 bridgehead atoms. The smallest absolute Gasteiger partial charge is 0.225 e. The van der Waals surface area contributed by atoms with Crippen molar-refractivity contribution < 1.29 is 14.3 Å². The van der Waals surface area contributed by atoms with Crippen LogP contribution in [0.5, 0.6) is 11.5 Å². The van der Waals surface area contributed by atoms with Gasteiger partial charge in [-0.3, -0.25) is 4.79 Å². The van der Waals surface area contributed by atoms with Crippen molar-refractivity contribution in [2.45, 2.75) is 38.5 Å². The lowest BCUT2D eigenvalue weighted by molar-refractivity contribution is -0.132. The zero-order chi connectivity index (χ0) is 14.5. The third kappa shape index (κ3) is 3.69. The van der Waals surface area contributed by atoms with Crippen molar-refractivity contribution in [1.29, 1.82) is 0 Å². The summed E-state index contributed by atoms with van der Waals surface area (Å²) in [4.78, 5) is 14.0. The van der Waals surface area contributed by atoms with Gasteiger partial charge in [-0.25, -0.2) is 0 Å². The maximum absolute atomic E-state index is 12.0. The SMILES string of the molecule is O=C(CCOc1ccc2c(c1)OCCC2)N1CCCCC1. The lowest BCUT2D eigenvalue weighted by atomic mass is 10.1. The van der Waals surface area contributed by atoms with E-state index in [-0.39, 0.29) is 5.91 Å². The summed E-state index contributed by atoms with van der Waals surface area (Å²) in [6.07, 6.45) is 6.12. The predicted molar refractivity (Wildman–Crippen MR) is 80.8 cm³/mol. The minimum absolute atomic E-state index is 0.212. The third-order valence-corrected chi connectivity index (χ3v) is 4.18. The number of piperidine rings is 1. The highest BCUT2D eigenvalue weighted by molar-refractivity contribution is 5.76. The lowest BCUT2D eigenvalue weighted by Gasteiger charge is -2.26. The van der Waals surface area contributed by atoms with Gasteiger partial charge in [0.25, 0.3) is 0 Å². The molecular formula is C17H23NO3. The van der Waals surface area contributed by atoms with Gasteiger partial charge in [0.2, 0.25) is 5.91 Å². The molecule has 2 aliphatic heterocycles. The molecule has 1 fully saturated rings. The maximum atomic E-state index is 12.0. The van der Waals surface area contributed by atoms with E-state index in [0.29, 0.717) is 13.0 Å². The van der Waals surface area contributed by atoms with E-state index in [9.17, 15) is 4.79 Å². The van der Waals surface area contributed by atoms with Crippen molar-refractivity contribution in [3.63, 3.8) is 0 Å². The van der Waals surface area contributed by atoms with Crippen molar-refractivity contribution in [2.75, 3.05) is 26.3 Å². The molecule has 0 N–H and O–H groups in total. The van der Waals surface area contributed by atoms with Crippen LogP contribution in [0.4, 0.5) is 0 Å². The number of rotatable bonds is 4. The molecule has 0 unspecified atom stereocenters. The molecule has 0 saturated carbocycles. The molecule has 4 heteroatoms. The number of carbonyl (C=O) groups excluding carboxylic acids is 1. The normalized spacial score (nSPS) is 17.8. The quantitative estimate of drug-likeness (QED) is 0.855. The molecule has 0 atom stereocenters. The molecule has 2 heterocycles. The number of aryl methyl sites for hydroxylation is 1. The van der Waals surface area contributed by atoms with E-state index in [1.165, 1.54) is 12.0 Å². The van der Waals surface area contributed by atoms with Gasteiger partial charge < -0.3 is 14.4 Å². The molecule has 21 heavy (non-hydrogen) atoms. The number of nitrogens with zero attached hydrogens (tertiary/aromatic N) is 1. The highest BCUT2D eigenvalue weighted by Gasteiger charge is 2.16. The molecule has 1 saturated heterocycles. The molecule has 3 rings (SSSR count). The Morgan fingerprint density at radius 2 is 2.05 bits per heavy atom. The van der Waals surface area contributed by atoms with Gasteiger partial charge in [0, 0.05) is 19.2 Å². The summed E-state index contributed by atoms with van der Waals surface area (Å²) in [6.45, 7) is 3.04. The molecule has 2 aliphatic rings. The number of amides is 1. The Bertz CT molecular complexity index is 495. The standard InChI is InChI=1S/C17H23NO3/c19-17(18-9-2-1-3-10-18)8-12-20-15-7-6-14-5-4-11-21-16(14)13-15/h6-7,13H,1-5,8-12H2. The van der Waals surface area contributed by atoms with Crippen molar-refractivity contribution in [3.8, 4) is 11.5 Å². The van der Waals surface area contributed by atoms with Gasteiger partial charge in [-0.05, 0) is 43.7 Å². The van der Waals surface area contributed by atoms with Crippen LogP contribution in [0.1, 0.15) is 37.7 Å². The van der Waals surface area contributed by atoms with Gasteiger partial charge in [0.05, 0.1) is 19.6 Å². The van der Waals surface area contributed by atoms with Crippen LogP contribution in [-0.4, -0.2) is 37.1 Å². The van der Waals surface area contributed by atoms with E-state index < -0.39 is 0 Å². The van der Waals surface area contributed by atoms with Crippen molar-refractivity contribution in [1.82, 2.24) is 4.90 Å². The molecule has 0 aromatic heterocycles. The number of hydrogen-bond donors (Lipinski definition) is 0. The second-order valence-electron chi connectivity index (χ2n) is 5.76. The first-order chi connectivity index (χ1) is 10.3. The van der Waals surface area contributed by atoms with Gasteiger partial charge in [0.15, 0.2) is 0 Å². The molecule has 1 amide bonds. The fourth-order valence-electron chi connectivity index (χ4n) is 2.97. The van der Waals surface area contributed by atoms with Crippen LogP contribution in [0.2, 0.25) is 0 Å². The monoisotopic (exact) mass is 289 g/mol. The molecular weight excluding hydrogens is 266 g/mol. The predicted octanol–water partition coefficient (Wildman–Crippen LogP) is 2.79. The topological polar surface area (TPSA) is 38.8 Å². The first-order valence-corrected chi connectivity index (χ1v) is 7.99. The zero-order valence-corrected chi connectivity index (χ0v) is 12.5. The van der Waals surface area contributed by atoms with Gasteiger partial charge in [0.1, 0.15) is 11.5 Å². The fourth-order valence-corrected chi connectivity index (χ4v) is 2.97. The van der Waals surface area contributed by atoms with Gasteiger partial charge in [-0.15, -0.1) is 0 Å². The van der Waals surface area contributed by atoms with Crippen molar-refractivity contribution in [3.05, 3.63) is 23.8 Å².